The summed E-state index contributed by atoms with van der Waals surface area (Å²) in [5.74, 6) is 0. The van der Waals surface area contributed by atoms with Crippen LogP contribution in [0, 0.1) is 0 Å². The van der Waals surface area contributed by atoms with Crippen molar-refractivity contribution in [1.29, 1.82) is 0 Å². The minimum absolute atomic E-state index is 0.00372. The summed E-state index contributed by atoms with van der Waals surface area (Å²) in [4.78, 5) is 8.11. The van der Waals surface area contributed by atoms with Gasteiger partial charge < -0.3 is 14.7 Å². The first-order valence-electron chi connectivity index (χ1n) is 27.1. The van der Waals surface area contributed by atoms with Gasteiger partial charge in [0, 0.05) is 50.9 Å². The number of hydrogen-bond acceptors (Lipinski definition) is 3. The third-order valence-corrected chi connectivity index (χ3v) is 18.8. The van der Waals surface area contributed by atoms with E-state index < -0.39 is 0 Å². The van der Waals surface area contributed by atoms with Crippen LogP contribution >= 0.6 is 0 Å². The lowest BCUT2D eigenvalue weighted by Gasteiger charge is -2.52. The highest BCUT2D eigenvalue weighted by molar-refractivity contribution is 7.00. The van der Waals surface area contributed by atoms with E-state index in [0.717, 1.165) is 19.3 Å². The highest BCUT2D eigenvalue weighted by Gasteiger charge is 2.60. The van der Waals surface area contributed by atoms with E-state index in [1.54, 1.807) is 0 Å². The zero-order valence-electron chi connectivity index (χ0n) is 46.0. The first kappa shape index (κ1) is 47.0. The highest BCUT2D eigenvalue weighted by Crippen LogP contribution is 2.65. The Morgan fingerprint density at radius 3 is 1.54 bits per heavy atom. The molecule has 4 heteroatoms. The lowest BCUT2D eigenvalue weighted by atomic mass is 9.33. The Labute approximate surface area is 432 Å². The maximum absolute atomic E-state index is 2.80. The summed E-state index contributed by atoms with van der Waals surface area (Å²) in [5.41, 5.74) is 25.2. The molecule has 0 N–H and O–H groups in total. The number of anilines is 8. The molecule has 72 heavy (non-hydrogen) atoms. The summed E-state index contributed by atoms with van der Waals surface area (Å²) in [6.07, 6.45) is 4.47. The second-order valence-corrected chi connectivity index (χ2v) is 27.3. The van der Waals surface area contributed by atoms with Gasteiger partial charge in [-0.3, -0.25) is 0 Å². The highest BCUT2D eigenvalue weighted by atomic mass is 15.3. The molecule has 0 saturated heterocycles. The van der Waals surface area contributed by atoms with Crippen LogP contribution < -0.4 is 31.1 Å². The molecular weight excluding hydrogens is 870 g/mol. The maximum atomic E-state index is 2.80. The van der Waals surface area contributed by atoms with E-state index in [-0.39, 0.29) is 44.7 Å². The first-order chi connectivity index (χ1) is 33.8. The van der Waals surface area contributed by atoms with Crippen LogP contribution in [0.3, 0.4) is 0 Å². The van der Waals surface area contributed by atoms with Crippen molar-refractivity contribution in [3.05, 3.63) is 184 Å². The molecule has 7 aromatic rings. The predicted molar refractivity (Wildman–Crippen MR) is 310 cm³/mol. The van der Waals surface area contributed by atoms with Crippen LogP contribution in [-0.2, 0) is 44.4 Å². The van der Waals surface area contributed by atoms with Gasteiger partial charge in [-0.1, -0.05) is 182 Å². The van der Waals surface area contributed by atoms with Crippen LogP contribution in [0.25, 0.3) is 0 Å². The van der Waals surface area contributed by atoms with Crippen LogP contribution in [0.1, 0.15) is 168 Å². The Kier molecular flexibility index (Phi) is 9.98. The standard InChI is InChI=1S/C68H76BN3/c1-62(2,3)44-25-29-48(30-26-44)70-57-32-28-46(64(7,8)9)38-54(57)69-55-41-51-52(66(12,13)36-35-65(51,10)11)42-58(55)71(47-22-17-16-18-23-47)60-40-49(39-59(70)61(60)69)72-56-31-27-45(63(4,5)6)37-53(56)67(14)34-33-43-21-19-20-24-50(43)68(67,72)15/h16-32,37-42H,33-36H2,1-15H3. The van der Waals surface area contributed by atoms with Crippen molar-refractivity contribution in [1.82, 2.24) is 0 Å². The summed E-state index contributed by atoms with van der Waals surface area (Å²) in [7, 11) is 0. The van der Waals surface area contributed by atoms with Gasteiger partial charge in [0.25, 0.3) is 6.71 Å². The lowest BCUT2D eigenvalue weighted by molar-refractivity contribution is 0.245. The topological polar surface area (TPSA) is 9.72 Å². The van der Waals surface area contributed by atoms with E-state index in [2.05, 4.69) is 258 Å². The minimum Gasteiger partial charge on any atom is -0.330 e. The molecule has 0 fully saturated rings. The van der Waals surface area contributed by atoms with Gasteiger partial charge in [0.2, 0.25) is 0 Å². The second kappa shape index (κ2) is 15.3. The molecule has 2 atom stereocenters. The van der Waals surface area contributed by atoms with Crippen LogP contribution in [0.2, 0.25) is 0 Å². The summed E-state index contributed by atoms with van der Waals surface area (Å²) < 4.78 is 0. The number of benzene rings is 7. The van der Waals surface area contributed by atoms with Crippen LogP contribution in [-0.4, -0.2) is 6.71 Å². The normalized spacial score (nSPS) is 21.3. The number of hydrogen-bond donors (Lipinski definition) is 0. The molecule has 3 heterocycles. The molecule has 0 radical (unpaired) electrons. The molecule has 366 valence electrons. The van der Waals surface area contributed by atoms with Gasteiger partial charge in [0.15, 0.2) is 0 Å². The van der Waals surface area contributed by atoms with E-state index in [9.17, 15) is 0 Å². The van der Waals surface area contributed by atoms with E-state index >= 15 is 0 Å². The number of fused-ring (bicyclic) bond motifs is 10. The summed E-state index contributed by atoms with van der Waals surface area (Å²) in [6.45, 7) is 36.3. The maximum Gasteiger partial charge on any atom is 0.252 e. The fourth-order valence-electron chi connectivity index (χ4n) is 14.1. The SMILES string of the molecule is CC(C)(C)c1ccc(N2c3ccc(C(C)(C)C)cc3B3c4cc5c(cc4N(c4ccccc4)c4cc(N6c7ccc(C(C)(C)C)cc7C7(C)CCc8ccccc8C67C)cc2c43)C(C)(C)CCC5(C)C)cc1. The number of para-hydroxylation sites is 1. The molecule has 0 bridgehead atoms. The number of nitrogens with zero attached hydrogens (tertiary/aromatic N) is 3. The smallest absolute Gasteiger partial charge is 0.252 e. The third-order valence-electron chi connectivity index (χ3n) is 18.8. The van der Waals surface area contributed by atoms with Gasteiger partial charge in [0.05, 0.1) is 5.54 Å². The molecule has 0 saturated carbocycles. The Morgan fingerprint density at radius 2 is 0.917 bits per heavy atom. The molecule has 0 amide bonds. The summed E-state index contributed by atoms with van der Waals surface area (Å²) >= 11 is 0. The molecule has 12 rings (SSSR count). The van der Waals surface area contributed by atoms with Gasteiger partial charge in [-0.05, 0) is 175 Å². The van der Waals surface area contributed by atoms with Crippen molar-refractivity contribution in [2.45, 2.75) is 168 Å². The molecule has 0 spiro atoms. The van der Waals surface area contributed by atoms with Crippen molar-refractivity contribution in [2.24, 2.45) is 0 Å². The van der Waals surface area contributed by atoms with Gasteiger partial charge in [-0.25, -0.2) is 0 Å². The predicted octanol–water partition coefficient (Wildman–Crippen LogP) is 16.3. The van der Waals surface area contributed by atoms with Crippen molar-refractivity contribution in [3.63, 3.8) is 0 Å². The molecule has 3 nitrogen and oxygen atoms in total. The largest absolute Gasteiger partial charge is 0.330 e. The number of aryl methyl sites for hydroxylation is 1. The molecule has 5 aliphatic rings. The van der Waals surface area contributed by atoms with E-state index in [1.807, 2.05) is 0 Å². The fourth-order valence-corrected chi connectivity index (χ4v) is 14.1. The summed E-state index contributed by atoms with van der Waals surface area (Å²) in [6, 6.07) is 55.7. The molecule has 3 aliphatic heterocycles. The minimum atomic E-state index is -0.382. The van der Waals surface area contributed by atoms with Crippen LogP contribution in [0.4, 0.5) is 45.5 Å². The molecule has 0 aromatic heterocycles. The van der Waals surface area contributed by atoms with Crippen molar-refractivity contribution in [2.75, 3.05) is 14.7 Å². The van der Waals surface area contributed by atoms with Crippen molar-refractivity contribution >= 4 is 68.6 Å². The van der Waals surface area contributed by atoms with E-state index in [0.29, 0.717) is 0 Å². The van der Waals surface area contributed by atoms with Crippen LogP contribution in [0.5, 0.6) is 0 Å². The van der Waals surface area contributed by atoms with Gasteiger partial charge in [-0.2, -0.15) is 0 Å². The third kappa shape index (κ3) is 6.68. The Morgan fingerprint density at radius 1 is 0.403 bits per heavy atom. The van der Waals surface area contributed by atoms with Crippen molar-refractivity contribution < 1.29 is 0 Å². The lowest BCUT2D eigenvalue weighted by Crippen LogP contribution is -2.62. The average molecular weight is 946 g/mol. The molecule has 2 unspecified atom stereocenters. The Bertz CT molecular complexity index is 3360. The Balaban J connectivity index is 1.24. The quantitative estimate of drug-likeness (QED) is 0.163. The summed E-state index contributed by atoms with van der Waals surface area (Å²) in [5, 5.41) is 0. The monoisotopic (exact) mass is 946 g/mol. The second-order valence-electron chi connectivity index (χ2n) is 27.3. The molecule has 2 aliphatic carbocycles. The fraction of sp³-hybridized carbons (Fsp3) is 0.382. The van der Waals surface area contributed by atoms with Gasteiger partial charge in [-0.15, -0.1) is 0 Å². The first-order valence-corrected chi connectivity index (χ1v) is 27.1. The average Bonchev–Trinajstić information content (AvgIpc) is 3.54. The zero-order chi connectivity index (χ0) is 50.9. The van der Waals surface area contributed by atoms with Gasteiger partial charge >= 0.3 is 0 Å². The Hall–Kier alpha value is -6.00. The molecular formula is C68H76BN3. The van der Waals surface area contributed by atoms with E-state index in [4.69, 9.17) is 0 Å². The molecule has 7 aromatic carbocycles. The zero-order valence-corrected chi connectivity index (χ0v) is 46.0. The van der Waals surface area contributed by atoms with Crippen LogP contribution in [0.15, 0.2) is 140 Å². The van der Waals surface area contributed by atoms with Crippen molar-refractivity contribution in [3.8, 4) is 0 Å². The number of rotatable bonds is 3. The van der Waals surface area contributed by atoms with Gasteiger partial charge in [0.1, 0.15) is 0 Å². The van der Waals surface area contributed by atoms with E-state index in [1.165, 1.54) is 113 Å².